The molecule has 3 aliphatic rings. The molecule has 6 rings (SSSR count). The summed E-state index contributed by atoms with van der Waals surface area (Å²) >= 11 is 0. The molecule has 35 heavy (non-hydrogen) atoms. The van der Waals surface area contributed by atoms with Crippen LogP contribution in [0.5, 0.6) is 23.0 Å². The van der Waals surface area contributed by atoms with Crippen molar-refractivity contribution in [1.29, 1.82) is 0 Å². The third-order valence-corrected chi connectivity index (χ3v) is 6.60. The molecule has 5 heteroatoms. The maximum absolute atomic E-state index is 13.6. The molecule has 0 N–H and O–H groups in total. The summed E-state index contributed by atoms with van der Waals surface area (Å²) in [4.78, 5) is 13.6. The topological polar surface area (TPSA) is 54.0 Å². The van der Waals surface area contributed by atoms with Crippen molar-refractivity contribution < 1.29 is 23.7 Å². The number of fused-ring (bicyclic) bond motifs is 2. The molecular weight excluding hydrogens is 440 g/mol. The van der Waals surface area contributed by atoms with Crippen molar-refractivity contribution in [2.75, 3.05) is 26.4 Å². The Morgan fingerprint density at radius 3 is 1.60 bits per heavy atom. The van der Waals surface area contributed by atoms with Crippen LogP contribution in [0.3, 0.4) is 0 Å². The number of ketones is 1. The number of rotatable bonds is 3. The number of benzene rings is 3. The van der Waals surface area contributed by atoms with Crippen LogP contribution in [0.1, 0.15) is 35.4 Å². The third-order valence-electron chi connectivity index (χ3n) is 6.60. The van der Waals surface area contributed by atoms with Gasteiger partial charge in [-0.05, 0) is 71.9 Å². The molecule has 3 aromatic carbocycles. The van der Waals surface area contributed by atoms with Crippen molar-refractivity contribution in [3.63, 3.8) is 0 Å². The smallest absolute Gasteiger partial charge is 0.185 e. The standard InChI is InChI=1S/C30H26O5/c31-30-24(14-20-6-8-26-28(16-20)34-12-10-32-26)18-23(22-4-2-1-3-5-22)19-25(30)15-21-7-9-27-29(17-21)35-13-11-33-27/h1-9,14-17,23H,10-13,18-19H2. The zero-order valence-corrected chi connectivity index (χ0v) is 19.4. The Morgan fingerprint density at radius 2 is 1.09 bits per heavy atom. The predicted octanol–water partition coefficient (Wildman–Crippen LogP) is 5.84. The molecule has 0 aromatic heterocycles. The van der Waals surface area contributed by atoms with Crippen LogP contribution in [0.4, 0.5) is 0 Å². The molecule has 0 unspecified atom stereocenters. The Morgan fingerprint density at radius 1 is 0.600 bits per heavy atom. The van der Waals surface area contributed by atoms with Crippen LogP contribution in [0.2, 0.25) is 0 Å². The Labute approximate surface area is 204 Å². The molecule has 1 saturated carbocycles. The van der Waals surface area contributed by atoms with Crippen LogP contribution in [-0.4, -0.2) is 32.2 Å². The number of ether oxygens (including phenoxy) is 4. The summed E-state index contributed by atoms with van der Waals surface area (Å²) in [7, 11) is 0. The minimum absolute atomic E-state index is 0.0851. The van der Waals surface area contributed by atoms with Gasteiger partial charge in [0.1, 0.15) is 26.4 Å². The van der Waals surface area contributed by atoms with Gasteiger partial charge in [0.05, 0.1) is 0 Å². The van der Waals surface area contributed by atoms with Crippen molar-refractivity contribution in [3.8, 4) is 23.0 Å². The number of carbonyl (C=O) groups is 1. The van der Waals surface area contributed by atoms with Crippen molar-refractivity contribution in [3.05, 3.63) is 94.6 Å². The second-order valence-corrected chi connectivity index (χ2v) is 8.99. The molecule has 0 amide bonds. The van der Waals surface area contributed by atoms with Crippen molar-refractivity contribution in [2.24, 2.45) is 0 Å². The van der Waals surface area contributed by atoms with Crippen LogP contribution < -0.4 is 18.9 Å². The van der Waals surface area contributed by atoms with E-state index in [-0.39, 0.29) is 11.7 Å². The molecule has 5 nitrogen and oxygen atoms in total. The second-order valence-electron chi connectivity index (χ2n) is 8.99. The van der Waals surface area contributed by atoms with Crippen LogP contribution in [0, 0.1) is 0 Å². The predicted molar refractivity (Wildman–Crippen MR) is 134 cm³/mol. The van der Waals surface area contributed by atoms with E-state index in [1.807, 2.05) is 54.6 Å². The summed E-state index contributed by atoms with van der Waals surface area (Å²) in [5.74, 6) is 3.24. The maximum Gasteiger partial charge on any atom is 0.185 e. The van der Waals surface area contributed by atoms with Crippen LogP contribution in [0.15, 0.2) is 77.9 Å². The number of hydrogen-bond donors (Lipinski definition) is 0. The number of hydrogen-bond acceptors (Lipinski definition) is 5. The van der Waals surface area contributed by atoms with Gasteiger partial charge in [-0.25, -0.2) is 0 Å². The van der Waals surface area contributed by atoms with Gasteiger partial charge in [0, 0.05) is 11.1 Å². The summed E-state index contributed by atoms with van der Waals surface area (Å²) in [6.07, 6.45) is 5.37. The lowest BCUT2D eigenvalue weighted by molar-refractivity contribution is -0.113. The lowest BCUT2D eigenvalue weighted by Gasteiger charge is -2.26. The zero-order valence-electron chi connectivity index (χ0n) is 19.4. The quantitative estimate of drug-likeness (QED) is 0.454. The highest BCUT2D eigenvalue weighted by molar-refractivity contribution is 6.14. The normalized spacial score (nSPS) is 21.3. The van der Waals surface area contributed by atoms with E-state index in [0.717, 1.165) is 45.3 Å². The molecule has 1 fully saturated rings. The van der Waals surface area contributed by atoms with Gasteiger partial charge >= 0.3 is 0 Å². The van der Waals surface area contributed by atoms with Gasteiger partial charge in [0.15, 0.2) is 28.8 Å². The molecule has 1 aliphatic carbocycles. The lowest BCUT2D eigenvalue weighted by Crippen LogP contribution is -2.19. The molecule has 0 bridgehead atoms. The molecule has 2 heterocycles. The summed E-state index contributed by atoms with van der Waals surface area (Å²) in [6.45, 7) is 2.17. The fraction of sp³-hybridized carbons (Fsp3) is 0.233. The Balaban J connectivity index is 1.37. The SMILES string of the molecule is O=C1C(=Cc2ccc3c(c2)OCCO3)CC(c2ccccc2)CC1=Cc1ccc2c(c1)OCCO2. The van der Waals surface area contributed by atoms with Crippen LogP contribution in [0.25, 0.3) is 12.2 Å². The monoisotopic (exact) mass is 466 g/mol. The lowest BCUT2D eigenvalue weighted by atomic mass is 9.76. The molecule has 0 radical (unpaired) electrons. The average molecular weight is 467 g/mol. The summed E-state index contributed by atoms with van der Waals surface area (Å²) in [5, 5.41) is 0. The van der Waals surface area contributed by atoms with E-state index in [4.69, 9.17) is 18.9 Å². The van der Waals surface area contributed by atoms with Gasteiger partial charge < -0.3 is 18.9 Å². The molecule has 0 saturated heterocycles. The van der Waals surface area contributed by atoms with Gasteiger partial charge in [-0.15, -0.1) is 0 Å². The Hall–Kier alpha value is -3.99. The van der Waals surface area contributed by atoms with Crippen LogP contribution in [-0.2, 0) is 4.79 Å². The van der Waals surface area contributed by atoms with Crippen molar-refractivity contribution >= 4 is 17.9 Å². The highest BCUT2D eigenvalue weighted by Gasteiger charge is 2.29. The first-order valence-electron chi connectivity index (χ1n) is 12.0. The fourth-order valence-corrected chi connectivity index (χ4v) is 4.91. The molecule has 3 aromatic rings. The molecule has 0 atom stereocenters. The number of carbonyl (C=O) groups excluding carboxylic acids is 1. The van der Waals surface area contributed by atoms with E-state index in [2.05, 4.69) is 24.3 Å². The number of Topliss-reactive ketones (excluding diaryl/α,β-unsaturated/α-hetero) is 1. The zero-order chi connectivity index (χ0) is 23.6. The Kier molecular flexibility index (Phi) is 5.75. The van der Waals surface area contributed by atoms with E-state index in [1.165, 1.54) is 5.56 Å². The summed E-state index contributed by atoms with van der Waals surface area (Å²) in [5.41, 5.74) is 4.70. The first-order valence-corrected chi connectivity index (χ1v) is 12.0. The van der Waals surface area contributed by atoms with Gasteiger partial charge in [0.2, 0.25) is 0 Å². The highest BCUT2D eigenvalue weighted by Crippen LogP contribution is 2.40. The first-order chi connectivity index (χ1) is 17.2. The molecule has 176 valence electrons. The molecule has 2 aliphatic heterocycles. The van der Waals surface area contributed by atoms with E-state index < -0.39 is 0 Å². The largest absolute Gasteiger partial charge is 0.486 e. The molecular formula is C30H26O5. The van der Waals surface area contributed by atoms with Crippen LogP contribution >= 0.6 is 0 Å². The average Bonchev–Trinajstić information content (AvgIpc) is 2.91. The van der Waals surface area contributed by atoms with E-state index >= 15 is 0 Å². The minimum atomic E-state index is 0.0851. The molecule has 0 spiro atoms. The van der Waals surface area contributed by atoms with Gasteiger partial charge in [0.25, 0.3) is 0 Å². The van der Waals surface area contributed by atoms with Gasteiger partial charge in [-0.1, -0.05) is 42.5 Å². The third kappa shape index (κ3) is 4.54. The summed E-state index contributed by atoms with van der Waals surface area (Å²) < 4.78 is 22.8. The first kappa shape index (κ1) is 21.5. The highest BCUT2D eigenvalue weighted by atomic mass is 16.6. The second kappa shape index (κ2) is 9.34. The van der Waals surface area contributed by atoms with E-state index in [0.29, 0.717) is 39.3 Å². The minimum Gasteiger partial charge on any atom is -0.486 e. The summed E-state index contributed by atoms with van der Waals surface area (Å²) in [6, 6.07) is 22.1. The van der Waals surface area contributed by atoms with Crippen molar-refractivity contribution in [1.82, 2.24) is 0 Å². The van der Waals surface area contributed by atoms with Crippen molar-refractivity contribution in [2.45, 2.75) is 18.8 Å². The van der Waals surface area contributed by atoms with E-state index in [9.17, 15) is 4.79 Å². The fourth-order valence-electron chi connectivity index (χ4n) is 4.91. The number of allylic oxidation sites excluding steroid dienone is 2. The van der Waals surface area contributed by atoms with E-state index in [1.54, 1.807) is 0 Å². The van der Waals surface area contributed by atoms with Gasteiger partial charge in [-0.3, -0.25) is 4.79 Å². The van der Waals surface area contributed by atoms with Gasteiger partial charge in [-0.2, -0.15) is 0 Å². The Bertz CT molecular complexity index is 1240. The maximum atomic E-state index is 13.6.